The minimum atomic E-state index is -0.142. The second kappa shape index (κ2) is 5.32. The number of hydrogen-bond donors (Lipinski definition) is 0. The maximum atomic E-state index is 14.3. The summed E-state index contributed by atoms with van der Waals surface area (Å²) in [5.41, 5.74) is 3.63. The fourth-order valence-corrected chi connectivity index (χ4v) is 2.67. The molecule has 3 heteroatoms. The van der Waals surface area contributed by atoms with Gasteiger partial charge in [0.15, 0.2) is 0 Å². The van der Waals surface area contributed by atoms with E-state index >= 15 is 0 Å². The molecular formula is C18H19FN2. The van der Waals surface area contributed by atoms with Crippen molar-refractivity contribution >= 4 is 11.0 Å². The van der Waals surface area contributed by atoms with Gasteiger partial charge in [-0.15, -0.1) is 0 Å². The molecule has 0 radical (unpaired) electrons. The monoisotopic (exact) mass is 282 g/mol. The highest BCUT2D eigenvalue weighted by molar-refractivity contribution is 5.81. The maximum absolute atomic E-state index is 14.3. The van der Waals surface area contributed by atoms with E-state index in [4.69, 9.17) is 0 Å². The van der Waals surface area contributed by atoms with Gasteiger partial charge in [0.2, 0.25) is 0 Å². The summed E-state index contributed by atoms with van der Waals surface area (Å²) in [6.45, 7) is 6.18. The van der Waals surface area contributed by atoms with E-state index in [1.54, 1.807) is 12.3 Å². The molecule has 108 valence electrons. The first kappa shape index (κ1) is 13.8. The molecule has 3 rings (SSSR count). The Morgan fingerprint density at radius 1 is 1.24 bits per heavy atom. The second-order valence-corrected chi connectivity index (χ2v) is 5.57. The lowest BCUT2D eigenvalue weighted by molar-refractivity contribution is 0.583. The second-order valence-electron chi connectivity index (χ2n) is 5.57. The molecule has 0 saturated heterocycles. The topological polar surface area (TPSA) is 17.8 Å². The number of benzene rings is 1. The molecule has 0 aliphatic heterocycles. The van der Waals surface area contributed by atoms with Gasteiger partial charge in [-0.25, -0.2) is 9.37 Å². The Balaban J connectivity index is 2.11. The van der Waals surface area contributed by atoms with Crippen LogP contribution in [0.4, 0.5) is 4.39 Å². The van der Waals surface area contributed by atoms with E-state index in [-0.39, 0.29) is 11.7 Å². The van der Waals surface area contributed by atoms with Crippen LogP contribution in [0.3, 0.4) is 0 Å². The number of aromatic nitrogens is 2. The Hall–Kier alpha value is -2.16. The molecule has 1 atom stereocenters. The molecule has 1 aromatic carbocycles. The number of rotatable bonds is 3. The average Bonchev–Trinajstić information content (AvgIpc) is 2.92. The van der Waals surface area contributed by atoms with Gasteiger partial charge >= 0.3 is 0 Å². The largest absolute Gasteiger partial charge is 0.301 e. The number of pyridine rings is 1. The molecule has 0 amide bonds. The molecule has 0 spiro atoms. The van der Waals surface area contributed by atoms with Gasteiger partial charge in [-0.3, -0.25) is 0 Å². The van der Waals surface area contributed by atoms with Crippen LogP contribution in [0.15, 0.2) is 42.7 Å². The lowest BCUT2D eigenvalue weighted by atomic mass is 9.98. The summed E-state index contributed by atoms with van der Waals surface area (Å²) in [6.07, 6.45) is 4.67. The Labute approximate surface area is 124 Å². The maximum Gasteiger partial charge on any atom is 0.144 e. The predicted molar refractivity (Wildman–Crippen MR) is 84.5 cm³/mol. The Bertz CT molecular complexity index is 789. The van der Waals surface area contributed by atoms with E-state index in [0.717, 1.165) is 28.7 Å². The SMILES string of the molecule is CCC(C)c1ccc(-n2ccc3c(C)ccnc32)cc1F. The molecule has 2 heterocycles. The third-order valence-corrected chi connectivity index (χ3v) is 4.21. The number of hydrogen-bond acceptors (Lipinski definition) is 1. The third kappa shape index (κ3) is 2.33. The van der Waals surface area contributed by atoms with Crippen LogP contribution in [0, 0.1) is 12.7 Å². The van der Waals surface area contributed by atoms with E-state index in [0.29, 0.717) is 0 Å². The zero-order valence-corrected chi connectivity index (χ0v) is 12.6. The highest BCUT2D eigenvalue weighted by Crippen LogP contribution is 2.26. The van der Waals surface area contributed by atoms with E-state index in [1.807, 2.05) is 42.0 Å². The van der Waals surface area contributed by atoms with Crippen LogP contribution >= 0.6 is 0 Å². The first-order valence-corrected chi connectivity index (χ1v) is 7.34. The van der Waals surface area contributed by atoms with Crippen molar-refractivity contribution in [3.8, 4) is 5.69 Å². The van der Waals surface area contributed by atoms with Gasteiger partial charge in [0.05, 0.1) is 0 Å². The summed E-state index contributed by atoms with van der Waals surface area (Å²) < 4.78 is 16.3. The van der Waals surface area contributed by atoms with Crippen LogP contribution in [-0.2, 0) is 0 Å². The molecular weight excluding hydrogens is 263 g/mol. The summed E-state index contributed by atoms with van der Waals surface area (Å²) >= 11 is 0. The quantitative estimate of drug-likeness (QED) is 0.662. The zero-order valence-electron chi connectivity index (χ0n) is 12.6. The van der Waals surface area contributed by atoms with Crippen LogP contribution in [0.1, 0.15) is 37.3 Å². The molecule has 3 aromatic rings. The fourth-order valence-electron chi connectivity index (χ4n) is 2.67. The summed E-state index contributed by atoms with van der Waals surface area (Å²) in [6, 6.07) is 9.47. The predicted octanol–water partition coefficient (Wildman–Crippen LogP) is 4.99. The summed E-state index contributed by atoms with van der Waals surface area (Å²) in [5, 5.41) is 1.10. The number of fused-ring (bicyclic) bond motifs is 1. The Morgan fingerprint density at radius 3 is 2.76 bits per heavy atom. The van der Waals surface area contributed by atoms with Crippen molar-refractivity contribution in [1.29, 1.82) is 0 Å². The first-order chi connectivity index (χ1) is 10.1. The molecule has 2 nitrogen and oxygen atoms in total. The molecule has 0 fully saturated rings. The van der Waals surface area contributed by atoms with Gasteiger partial charge in [-0.05, 0) is 54.7 Å². The molecule has 21 heavy (non-hydrogen) atoms. The lowest BCUT2D eigenvalue weighted by Crippen LogP contribution is -2.00. The summed E-state index contributed by atoms with van der Waals surface area (Å²) in [4.78, 5) is 4.42. The smallest absolute Gasteiger partial charge is 0.144 e. The van der Waals surface area contributed by atoms with E-state index in [1.165, 1.54) is 5.56 Å². The molecule has 0 saturated carbocycles. The minimum absolute atomic E-state index is 0.142. The van der Waals surface area contributed by atoms with Crippen molar-refractivity contribution in [2.75, 3.05) is 0 Å². The van der Waals surface area contributed by atoms with Crippen molar-refractivity contribution in [2.45, 2.75) is 33.1 Å². The van der Waals surface area contributed by atoms with Gasteiger partial charge in [0.25, 0.3) is 0 Å². The van der Waals surface area contributed by atoms with Crippen LogP contribution in [0.25, 0.3) is 16.7 Å². The highest BCUT2D eigenvalue weighted by Gasteiger charge is 2.12. The van der Waals surface area contributed by atoms with Crippen LogP contribution in [0.5, 0.6) is 0 Å². The van der Waals surface area contributed by atoms with E-state index in [9.17, 15) is 4.39 Å². The first-order valence-electron chi connectivity index (χ1n) is 7.34. The molecule has 0 aliphatic rings. The Morgan fingerprint density at radius 2 is 2.05 bits per heavy atom. The van der Waals surface area contributed by atoms with Gasteiger partial charge < -0.3 is 4.57 Å². The Kier molecular flexibility index (Phi) is 3.50. The fraction of sp³-hybridized carbons (Fsp3) is 0.278. The minimum Gasteiger partial charge on any atom is -0.301 e. The standard InChI is InChI=1S/C18H19FN2/c1-4-12(2)15-6-5-14(11-17(15)19)21-10-8-16-13(3)7-9-20-18(16)21/h5-12H,4H2,1-3H3. The van der Waals surface area contributed by atoms with Gasteiger partial charge in [-0.2, -0.15) is 0 Å². The number of nitrogens with zero attached hydrogens (tertiary/aromatic N) is 2. The molecule has 2 aromatic heterocycles. The molecule has 0 N–H and O–H groups in total. The molecule has 1 unspecified atom stereocenters. The van der Waals surface area contributed by atoms with Crippen LogP contribution in [0.2, 0.25) is 0 Å². The third-order valence-electron chi connectivity index (χ3n) is 4.21. The van der Waals surface area contributed by atoms with Crippen LogP contribution < -0.4 is 0 Å². The normalized spacial score (nSPS) is 12.8. The summed E-state index contributed by atoms with van der Waals surface area (Å²) in [7, 11) is 0. The average molecular weight is 282 g/mol. The van der Waals surface area contributed by atoms with Gasteiger partial charge in [0.1, 0.15) is 11.5 Å². The van der Waals surface area contributed by atoms with Crippen molar-refractivity contribution < 1.29 is 4.39 Å². The van der Waals surface area contributed by atoms with Gasteiger partial charge in [-0.1, -0.05) is 19.9 Å². The highest BCUT2D eigenvalue weighted by atomic mass is 19.1. The molecule has 0 bridgehead atoms. The van der Waals surface area contributed by atoms with E-state index < -0.39 is 0 Å². The van der Waals surface area contributed by atoms with Crippen molar-refractivity contribution in [3.05, 3.63) is 59.7 Å². The lowest BCUT2D eigenvalue weighted by Gasteiger charge is -2.12. The number of aryl methyl sites for hydroxylation is 1. The summed E-state index contributed by atoms with van der Waals surface area (Å²) in [5.74, 6) is 0.0946. The molecule has 0 aliphatic carbocycles. The number of halogens is 1. The van der Waals surface area contributed by atoms with Crippen LogP contribution in [-0.4, -0.2) is 9.55 Å². The van der Waals surface area contributed by atoms with Crippen molar-refractivity contribution in [1.82, 2.24) is 9.55 Å². The van der Waals surface area contributed by atoms with Gasteiger partial charge in [0, 0.05) is 23.5 Å². The zero-order chi connectivity index (χ0) is 15.0. The van der Waals surface area contributed by atoms with E-state index in [2.05, 4.69) is 18.8 Å². The van der Waals surface area contributed by atoms with Crippen molar-refractivity contribution in [2.24, 2.45) is 0 Å². The van der Waals surface area contributed by atoms with Crippen molar-refractivity contribution in [3.63, 3.8) is 0 Å².